The summed E-state index contributed by atoms with van der Waals surface area (Å²) in [5, 5.41) is 0.979. The first-order valence-electron chi connectivity index (χ1n) is 7.28. The molecule has 2 N–H and O–H groups in total. The van der Waals surface area contributed by atoms with Gasteiger partial charge in [-0.2, -0.15) is 0 Å². The highest BCUT2D eigenvalue weighted by Gasteiger charge is 2.21. The van der Waals surface area contributed by atoms with Crippen LogP contribution in [-0.4, -0.2) is 31.8 Å². The number of nitrogen functional groups attached to an aromatic ring is 1. The lowest BCUT2D eigenvalue weighted by Crippen LogP contribution is -2.23. The molecule has 1 fully saturated rings. The number of rotatable bonds is 6. The third kappa shape index (κ3) is 3.47. The van der Waals surface area contributed by atoms with Crippen LogP contribution in [0.1, 0.15) is 12.8 Å². The van der Waals surface area contributed by atoms with E-state index in [-0.39, 0.29) is 0 Å². The fourth-order valence-corrected chi connectivity index (χ4v) is 2.70. The molecule has 0 saturated heterocycles. The van der Waals surface area contributed by atoms with Crippen LogP contribution in [-0.2, 0) is 4.74 Å². The molecule has 0 amide bonds. The lowest BCUT2D eigenvalue weighted by atomic mass is 10.1. The molecule has 0 aliphatic heterocycles. The van der Waals surface area contributed by atoms with Crippen molar-refractivity contribution in [1.29, 1.82) is 0 Å². The van der Waals surface area contributed by atoms with Crippen molar-refractivity contribution >= 4 is 38.2 Å². The van der Waals surface area contributed by atoms with E-state index in [0.717, 1.165) is 52.4 Å². The van der Waals surface area contributed by atoms with Crippen LogP contribution in [0.5, 0.6) is 0 Å². The molecular weight excluding hydrogens is 330 g/mol. The summed E-state index contributed by atoms with van der Waals surface area (Å²) in [7, 11) is 2.06. The second-order valence-electron chi connectivity index (χ2n) is 5.66. The highest BCUT2D eigenvalue weighted by molar-refractivity contribution is 9.10. The van der Waals surface area contributed by atoms with Crippen LogP contribution in [0.4, 0.5) is 11.4 Å². The second-order valence-corrected chi connectivity index (χ2v) is 6.58. The van der Waals surface area contributed by atoms with E-state index in [9.17, 15) is 0 Å². The van der Waals surface area contributed by atoms with Crippen LogP contribution in [0.3, 0.4) is 0 Å². The van der Waals surface area contributed by atoms with Crippen LogP contribution < -0.4 is 10.6 Å². The number of ether oxygens (including phenoxy) is 1. The van der Waals surface area contributed by atoms with Crippen molar-refractivity contribution in [3.63, 3.8) is 0 Å². The van der Waals surface area contributed by atoms with Crippen molar-refractivity contribution in [2.75, 3.05) is 37.4 Å². The normalized spacial score (nSPS) is 14.6. The van der Waals surface area contributed by atoms with Gasteiger partial charge in [0, 0.05) is 41.9 Å². The number of halogens is 1. The highest BCUT2D eigenvalue weighted by atomic mass is 79.9. The highest BCUT2D eigenvalue weighted by Crippen LogP contribution is 2.31. The van der Waals surface area contributed by atoms with E-state index >= 15 is 0 Å². The molecule has 0 atom stereocenters. The average Bonchev–Trinajstić information content (AvgIpc) is 3.28. The van der Waals surface area contributed by atoms with E-state index in [1.165, 1.54) is 12.8 Å². The first kappa shape index (κ1) is 14.6. The predicted octanol–water partition coefficient (Wildman–Crippen LogP) is 3.44. The number of nitrogens with zero attached hydrogens (tertiary/aromatic N) is 2. The zero-order valence-corrected chi connectivity index (χ0v) is 13.8. The van der Waals surface area contributed by atoms with Crippen LogP contribution in [0, 0.1) is 5.92 Å². The van der Waals surface area contributed by atoms with Crippen molar-refractivity contribution < 1.29 is 4.74 Å². The van der Waals surface area contributed by atoms with Crippen molar-refractivity contribution in [2.45, 2.75) is 12.8 Å². The van der Waals surface area contributed by atoms with E-state index in [2.05, 4.69) is 32.9 Å². The number of likely N-dealkylation sites (N-methyl/N-ethyl adjacent to an activating group) is 1. The van der Waals surface area contributed by atoms with Gasteiger partial charge in [-0.05, 0) is 52.9 Å². The maximum Gasteiger partial charge on any atom is 0.0956 e. The van der Waals surface area contributed by atoms with E-state index in [4.69, 9.17) is 10.5 Å². The Morgan fingerprint density at radius 1 is 1.43 bits per heavy atom. The van der Waals surface area contributed by atoms with Gasteiger partial charge in [-0.25, -0.2) is 0 Å². The van der Waals surface area contributed by atoms with Gasteiger partial charge in [-0.1, -0.05) is 0 Å². The van der Waals surface area contributed by atoms with Gasteiger partial charge in [0.15, 0.2) is 0 Å². The predicted molar refractivity (Wildman–Crippen MR) is 90.7 cm³/mol. The number of nitrogens with two attached hydrogens (primary N) is 1. The summed E-state index contributed by atoms with van der Waals surface area (Å²) in [5.41, 5.74) is 8.82. The van der Waals surface area contributed by atoms with Crippen LogP contribution in [0.25, 0.3) is 10.9 Å². The minimum atomic E-state index is 0.745. The summed E-state index contributed by atoms with van der Waals surface area (Å²) < 4.78 is 6.65. The van der Waals surface area contributed by atoms with Crippen LogP contribution in [0.2, 0.25) is 0 Å². The van der Waals surface area contributed by atoms with Crippen molar-refractivity contribution in [3.8, 4) is 0 Å². The Kier molecular flexibility index (Phi) is 4.31. The standard InChI is InChI=1S/C16H20BrN3O/c1-20(6-7-21-10-11-2-3-11)15-5-4-14(18)13-8-12(17)9-19-16(13)15/h4-5,8-9,11H,2-3,6-7,10,18H2,1H3. The number of hydrogen-bond donors (Lipinski definition) is 1. The zero-order valence-electron chi connectivity index (χ0n) is 12.2. The van der Waals surface area contributed by atoms with Crippen molar-refractivity contribution in [1.82, 2.24) is 4.98 Å². The van der Waals surface area contributed by atoms with E-state index in [0.29, 0.717) is 0 Å². The van der Waals surface area contributed by atoms with Gasteiger partial charge in [0.1, 0.15) is 0 Å². The molecule has 4 nitrogen and oxygen atoms in total. The summed E-state index contributed by atoms with van der Waals surface area (Å²) in [6, 6.07) is 5.98. The van der Waals surface area contributed by atoms with Gasteiger partial charge in [-0.3, -0.25) is 4.98 Å². The summed E-state index contributed by atoms with van der Waals surface area (Å²) >= 11 is 3.45. The largest absolute Gasteiger partial charge is 0.398 e. The molecule has 1 aromatic heterocycles. The fraction of sp³-hybridized carbons (Fsp3) is 0.438. The van der Waals surface area contributed by atoms with Crippen molar-refractivity contribution in [3.05, 3.63) is 28.9 Å². The van der Waals surface area contributed by atoms with Gasteiger partial charge in [-0.15, -0.1) is 0 Å². The maximum absolute atomic E-state index is 6.05. The Balaban J connectivity index is 1.73. The van der Waals surface area contributed by atoms with Crippen LogP contribution >= 0.6 is 15.9 Å². The second kappa shape index (κ2) is 6.20. The zero-order chi connectivity index (χ0) is 14.8. The van der Waals surface area contributed by atoms with E-state index < -0.39 is 0 Å². The van der Waals surface area contributed by atoms with Gasteiger partial charge < -0.3 is 15.4 Å². The molecule has 5 heteroatoms. The number of aromatic nitrogens is 1. The molecule has 0 radical (unpaired) electrons. The Bertz CT molecular complexity index is 643. The molecule has 1 heterocycles. The topological polar surface area (TPSA) is 51.4 Å². The number of fused-ring (bicyclic) bond motifs is 1. The Hall–Kier alpha value is -1.33. The molecule has 1 aliphatic carbocycles. The molecule has 2 aromatic rings. The quantitative estimate of drug-likeness (QED) is 0.641. The Morgan fingerprint density at radius 2 is 2.24 bits per heavy atom. The third-order valence-corrected chi connectivity index (χ3v) is 4.30. The lowest BCUT2D eigenvalue weighted by molar-refractivity contribution is 0.131. The monoisotopic (exact) mass is 349 g/mol. The number of benzene rings is 1. The maximum atomic E-state index is 6.05. The van der Waals surface area contributed by atoms with Gasteiger partial charge in [0.25, 0.3) is 0 Å². The van der Waals surface area contributed by atoms with Gasteiger partial charge >= 0.3 is 0 Å². The van der Waals surface area contributed by atoms with E-state index in [1.54, 1.807) is 0 Å². The SMILES string of the molecule is CN(CCOCC1CC1)c1ccc(N)c2cc(Br)cnc12. The molecule has 3 rings (SSSR count). The summed E-state index contributed by atoms with van der Waals surface area (Å²) in [4.78, 5) is 6.70. The first-order valence-corrected chi connectivity index (χ1v) is 8.07. The molecule has 112 valence electrons. The molecule has 1 aliphatic rings. The summed E-state index contributed by atoms with van der Waals surface area (Å²) in [5.74, 6) is 0.812. The number of pyridine rings is 1. The molecular formula is C16H20BrN3O. The minimum absolute atomic E-state index is 0.745. The lowest BCUT2D eigenvalue weighted by Gasteiger charge is -2.21. The smallest absolute Gasteiger partial charge is 0.0956 e. The first-order chi connectivity index (χ1) is 10.1. The molecule has 0 spiro atoms. The molecule has 1 saturated carbocycles. The average molecular weight is 350 g/mol. The third-order valence-electron chi connectivity index (χ3n) is 3.86. The molecule has 0 bridgehead atoms. The fourth-order valence-electron chi connectivity index (χ4n) is 2.37. The van der Waals surface area contributed by atoms with Crippen molar-refractivity contribution in [2.24, 2.45) is 5.92 Å². The van der Waals surface area contributed by atoms with Gasteiger partial charge in [0.05, 0.1) is 17.8 Å². The molecule has 1 aromatic carbocycles. The molecule has 0 unspecified atom stereocenters. The Labute approximate surface area is 133 Å². The van der Waals surface area contributed by atoms with Gasteiger partial charge in [0.2, 0.25) is 0 Å². The van der Waals surface area contributed by atoms with Crippen LogP contribution in [0.15, 0.2) is 28.9 Å². The Morgan fingerprint density at radius 3 is 3.00 bits per heavy atom. The summed E-state index contributed by atoms with van der Waals surface area (Å²) in [6.07, 6.45) is 4.47. The minimum Gasteiger partial charge on any atom is -0.398 e. The molecule has 21 heavy (non-hydrogen) atoms. The van der Waals surface area contributed by atoms with E-state index in [1.807, 2.05) is 24.4 Å². The number of hydrogen-bond acceptors (Lipinski definition) is 4. The number of anilines is 2. The summed E-state index contributed by atoms with van der Waals surface area (Å²) in [6.45, 7) is 2.50.